The molecule has 0 aliphatic heterocycles. The number of hydrogen-bond donors (Lipinski definition) is 1. The lowest BCUT2D eigenvalue weighted by atomic mass is 10.2. The second kappa shape index (κ2) is 6.76. The molecule has 1 aromatic rings. The minimum atomic E-state index is -0.176. The van der Waals surface area contributed by atoms with Gasteiger partial charge in [0.2, 0.25) is 0 Å². The maximum absolute atomic E-state index is 13.5. The predicted molar refractivity (Wildman–Crippen MR) is 67.8 cm³/mol. The van der Waals surface area contributed by atoms with Crippen LogP contribution in [0.3, 0.4) is 0 Å². The van der Waals surface area contributed by atoms with Crippen molar-refractivity contribution in [2.24, 2.45) is 0 Å². The molecule has 0 amide bonds. The van der Waals surface area contributed by atoms with Crippen LogP contribution in [0, 0.1) is 5.82 Å². The van der Waals surface area contributed by atoms with Crippen LogP contribution >= 0.6 is 11.8 Å². The average Bonchev–Trinajstić information content (AvgIpc) is 2.28. The third-order valence-corrected chi connectivity index (χ3v) is 3.15. The van der Waals surface area contributed by atoms with E-state index in [-0.39, 0.29) is 11.9 Å². The summed E-state index contributed by atoms with van der Waals surface area (Å²) in [6.45, 7) is 2.70. The van der Waals surface area contributed by atoms with E-state index in [4.69, 9.17) is 4.74 Å². The molecule has 1 atom stereocenters. The van der Waals surface area contributed by atoms with Gasteiger partial charge in [0.15, 0.2) is 0 Å². The fourth-order valence-electron chi connectivity index (χ4n) is 1.45. The third-order valence-electron chi connectivity index (χ3n) is 2.38. The molecule has 16 heavy (non-hydrogen) atoms. The van der Waals surface area contributed by atoms with Crippen molar-refractivity contribution < 1.29 is 9.13 Å². The molecule has 90 valence electrons. The summed E-state index contributed by atoms with van der Waals surface area (Å²) in [6, 6.07) is 5.45. The summed E-state index contributed by atoms with van der Waals surface area (Å²) >= 11 is 1.41. The van der Waals surface area contributed by atoms with E-state index < -0.39 is 0 Å². The molecule has 0 radical (unpaired) electrons. The van der Waals surface area contributed by atoms with Gasteiger partial charge in [0.1, 0.15) is 5.82 Å². The highest BCUT2D eigenvalue weighted by Crippen LogP contribution is 2.22. The molecular weight excluding hydrogens is 225 g/mol. The van der Waals surface area contributed by atoms with Crippen molar-refractivity contribution in [2.45, 2.75) is 24.3 Å². The zero-order chi connectivity index (χ0) is 12.0. The quantitative estimate of drug-likeness (QED) is 0.774. The molecule has 0 saturated carbocycles. The van der Waals surface area contributed by atoms with Gasteiger partial charge in [-0.1, -0.05) is 6.92 Å². The molecule has 1 unspecified atom stereocenters. The molecule has 1 N–H and O–H groups in total. The number of halogens is 1. The Hall–Kier alpha value is -0.740. The smallest absolute Gasteiger partial charge is 0.138 e. The number of nitrogens with one attached hydrogen (secondary N) is 1. The van der Waals surface area contributed by atoms with E-state index >= 15 is 0 Å². The number of hydrogen-bond acceptors (Lipinski definition) is 3. The van der Waals surface area contributed by atoms with Crippen molar-refractivity contribution >= 4 is 17.4 Å². The van der Waals surface area contributed by atoms with E-state index in [0.717, 1.165) is 12.1 Å². The summed E-state index contributed by atoms with van der Waals surface area (Å²) in [5.74, 6) is -0.176. The number of rotatable bonds is 6. The Morgan fingerprint density at radius 2 is 2.25 bits per heavy atom. The van der Waals surface area contributed by atoms with E-state index in [9.17, 15) is 4.39 Å². The van der Waals surface area contributed by atoms with Crippen LogP contribution < -0.4 is 5.32 Å². The van der Waals surface area contributed by atoms with Crippen molar-refractivity contribution in [3.05, 3.63) is 24.0 Å². The van der Waals surface area contributed by atoms with Crippen LogP contribution in [0.5, 0.6) is 0 Å². The standard InChI is InChI=1S/C12H18FNOS/c1-4-9(8-15-2)14-10-5-6-12(16-3)11(13)7-10/h5-7,9,14H,4,8H2,1-3H3. The molecule has 0 fully saturated rings. The first-order valence-electron chi connectivity index (χ1n) is 5.30. The molecule has 1 rings (SSSR count). The van der Waals surface area contributed by atoms with Crippen molar-refractivity contribution in [1.29, 1.82) is 0 Å². The molecule has 4 heteroatoms. The number of thioether (sulfide) groups is 1. The topological polar surface area (TPSA) is 21.3 Å². The van der Waals surface area contributed by atoms with Crippen molar-refractivity contribution in [3.8, 4) is 0 Å². The first kappa shape index (κ1) is 13.3. The predicted octanol–water partition coefficient (Wildman–Crippen LogP) is 3.38. The minimum Gasteiger partial charge on any atom is -0.383 e. The second-order valence-corrected chi connectivity index (χ2v) is 4.40. The molecule has 0 bridgehead atoms. The van der Waals surface area contributed by atoms with Gasteiger partial charge in [-0.25, -0.2) is 4.39 Å². The molecule has 0 aliphatic carbocycles. The van der Waals surface area contributed by atoms with Gasteiger partial charge in [-0.2, -0.15) is 0 Å². The molecular formula is C12H18FNOS. The Balaban J connectivity index is 2.69. The summed E-state index contributed by atoms with van der Waals surface area (Å²) in [4.78, 5) is 0.672. The van der Waals surface area contributed by atoms with Gasteiger partial charge in [0.05, 0.1) is 6.61 Å². The summed E-state index contributed by atoms with van der Waals surface area (Å²) in [6.07, 6.45) is 2.81. The molecule has 0 spiro atoms. The van der Waals surface area contributed by atoms with Crippen molar-refractivity contribution in [3.63, 3.8) is 0 Å². The Labute approximate surface area is 101 Å². The Morgan fingerprint density at radius 1 is 1.50 bits per heavy atom. The fraction of sp³-hybridized carbons (Fsp3) is 0.500. The van der Waals surface area contributed by atoms with Gasteiger partial charge in [-0.05, 0) is 30.9 Å². The number of methoxy groups -OCH3 is 1. The highest BCUT2D eigenvalue weighted by molar-refractivity contribution is 7.98. The van der Waals surface area contributed by atoms with Crippen LogP contribution in [0.4, 0.5) is 10.1 Å². The summed E-state index contributed by atoms with van der Waals surface area (Å²) in [5.41, 5.74) is 0.805. The summed E-state index contributed by atoms with van der Waals surface area (Å²) in [5, 5.41) is 3.25. The van der Waals surface area contributed by atoms with E-state index in [1.165, 1.54) is 17.8 Å². The third kappa shape index (κ3) is 3.68. The van der Waals surface area contributed by atoms with E-state index in [2.05, 4.69) is 12.2 Å². The van der Waals surface area contributed by atoms with Crippen molar-refractivity contribution in [2.75, 3.05) is 25.3 Å². The van der Waals surface area contributed by atoms with Crippen molar-refractivity contribution in [1.82, 2.24) is 0 Å². The largest absolute Gasteiger partial charge is 0.383 e. The zero-order valence-corrected chi connectivity index (χ0v) is 10.7. The summed E-state index contributed by atoms with van der Waals surface area (Å²) in [7, 11) is 1.67. The lowest BCUT2D eigenvalue weighted by Crippen LogP contribution is -2.23. The van der Waals surface area contributed by atoms with E-state index in [0.29, 0.717) is 11.5 Å². The Morgan fingerprint density at radius 3 is 2.75 bits per heavy atom. The van der Waals surface area contributed by atoms with Crippen LogP contribution in [0.15, 0.2) is 23.1 Å². The van der Waals surface area contributed by atoms with Crippen LogP contribution in [-0.2, 0) is 4.74 Å². The highest BCUT2D eigenvalue weighted by Gasteiger charge is 2.07. The Bertz CT molecular complexity index is 333. The fourth-order valence-corrected chi connectivity index (χ4v) is 1.91. The average molecular weight is 243 g/mol. The molecule has 0 aromatic heterocycles. The molecule has 0 heterocycles. The number of ether oxygens (including phenoxy) is 1. The SMILES string of the molecule is CCC(COC)Nc1ccc(SC)c(F)c1. The molecule has 1 aromatic carbocycles. The lowest BCUT2D eigenvalue weighted by molar-refractivity contribution is 0.184. The van der Waals surface area contributed by atoms with Crippen LogP contribution in [0.2, 0.25) is 0 Å². The maximum Gasteiger partial charge on any atom is 0.138 e. The lowest BCUT2D eigenvalue weighted by Gasteiger charge is -2.17. The molecule has 0 aliphatic rings. The van der Waals surface area contributed by atoms with Crippen LogP contribution in [0.1, 0.15) is 13.3 Å². The normalized spacial score (nSPS) is 12.5. The first-order valence-corrected chi connectivity index (χ1v) is 6.52. The monoisotopic (exact) mass is 243 g/mol. The Kier molecular flexibility index (Phi) is 5.63. The second-order valence-electron chi connectivity index (χ2n) is 3.55. The van der Waals surface area contributed by atoms with Gasteiger partial charge >= 0.3 is 0 Å². The van der Waals surface area contributed by atoms with E-state index in [1.807, 2.05) is 12.3 Å². The van der Waals surface area contributed by atoms with Crippen LogP contribution in [-0.4, -0.2) is 26.0 Å². The van der Waals surface area contributed by atoms with Gasteiger partial charge in [0, 0.05) is 23.7 Å². The zero-order valence-electron chi connectivity index (χ0n) is 9.92. The van der Waals surface area contributed by atoms with Crippen LogP contribution in [0.25, 0.3) is 0 Å². The maximum atomic E-state index is 13.5. The van der Waals surface area contributed by atoms with Gasteiger partial charge in [-0.3, -0.25) is 0 Å². The highest BCUT2D eigenvalue weighted by atomic mass is 32.2. The van der Waals surface area contributed by atoms with E-state index in [1.54, 1.807) is 13.2 Å². The molecule has 0 saturated heterocycles. The van der Waals surface area contributed by atoms with Gasteiger partial charge in [0.25, 0.3) is 0 Å². The number of anilines is 1. The first-order chi connectivity index (χ1) is 7.71. The van der Waals surface area contributed by atoms with Gasteiger partial charge < -0.3 is 10.1 Å². The minimum absolute atomic E-state index is 0.176. The van der Waals surface area contributed by atoms with Gasteiger partial charge in [-0.15, -0.1) is 11.8 Å². The summed E-state index contributed by atoms with van der Waals surface area (Å²) < 4.78 is 18.6. The molecule has 2 nitrogen and oxygen atoms in total. The number of benzene rings is 1.